The number of benzene rings is 1. The maximum atomic E-state index is 13.5. The average molecular weight is 301 g/mol. The summed E-state index contributed by atoms with van der Waals surface area (Å²) >= 11 is 0. The van der Waals surface area contributed by atoms with Gasteiger partial charge in [0, 0.05) is 12.1 Å². The van der Waals surface area contributed by atoms with E-state index in [1.807, 2.05) is 0 Å². The molecular weight excluding hydrogens is 287 g/mol. The number of carbonyl (C=O) groups is 2. The normalized spacial score (nSPS) is 11.6. The first-order chi connectivity index (χ1) is 9.90. The van der Waals surface area contributed by atoms with Crippen molar-refractivity contribution >= 4 is 11.9 Å². The summed E-state index contributed by atoms with van der Waals surface area (Å²) in [5.74, 6) is -5.76. The number of ether oxygens (including phenoxy) is 1. The number of methoxy groups -OCH3 is 1. The number of amides is 1. The number of allylic oxidation sites excluding steroid dienone is 1. The fourth-order valence-electron chi connectivity index (χ4n) is 1.67. The molecule has 4 nitrogen and oxygen atoms in total. The Balaban J connectivity index is 2.96. The lowest BCUT2D eigenvalue weighted by molar-refractivity contribution is -0.143. The molecule has 21 heavy (non-hydrogen) atoms. The Morgan fingerprint density at radius 2 is 1.90 bits per heavy atom. The minimum atomic E-state index is -1.35. The molecule has 1 amide bonds. The van der Waals surface area contributed by atoms with Crippen molar-refractivity contribution in [3.8, 4) is 0 Å². The second-order valence-electron chi connectivity index (χ2n) is 4.16. The Labute approximate surface area is 119 Å². The van der Waals surface area contributed by atoms with Gasteiger partial charge in [0.05, 0.1) is 7.11 Å². The fourth-order valence-corrected chi connectivity index (χ4v) is 1.67. The monoisotopic (exact) mass is 301 g/mol. The van der Waals surface area contributed by atoms with Gasteiger partial charge in [-0.2, -0.15) is 0 Å². The lowest BCUT2D eigenvalue weighted by atomic mass is 10.1. The van der Waals surface area contributed by atoms with E-state index in [2.05, 4.69) is 16.6 Å². The summed E-state index contributed by atoms with van der Waals surface area (Å²) in [7, 11) is 1.12. The Morgan fingerprint density at radius 3 is 2.38 bits per heavy atom. The zero-order chi connectivity index (χ0) is 16.0. The summed E-state index contributed by atoms with van der Waals surface area (Å²) in [6.45, 7) is 3.47. The Morgan fingerprint density at radius 1 is 1.33 bits per heavy atom. The third kappa shape index (κ3) is 4.34. The summed E-state index contributed by atoms with van der Waals surface area (Å²) in [6.07, 6.45) is 2.06. The molecule has 0 aliphatic rings. The van der Waals surface area contributed by atoms with Gasteiger partial charge in [0.1, 0.15) is 29.1 Å². The predicted molar refractivity (Wildman–Crippen MR) is 69.0 cm³/mol. The van der Waals surface area contributed by atoms with E-state index in [0.717, 1.165) is 7.11 Å². The van der Waals surface area contributed by atoms with Crippen molar-refractivity contribution in [3.05, 3.63) is 47.8 Å². The van der Waals surface area contributed by atoms with Crippen LogP contribution < -0.4 is 5.32 Å². The van der Waals surface area contributed by atoms with Crippen LogP contribution in [-0.4, -0.2) is 25.0 Å². The molecule has 0 bridgehead atoms. The molecule has 0 unspecified atom stereocenters. The van der Waals surface area contributed by atoms with Crippen LogP contribution in [0.4, 0.5) is 13.2 Å². The van der Waals surface area contributed by atoms with Crippen molar-refractivity contribution in [2.75, 3.05) is 7.11 Å². The molecule has 1 aromatic rings. The maximum Gasteiger partial charge on any atom is 0.328 e. The van der Waals surface area contributed by atoms with E-state index in [0.29, 0.717) is 18.6 Å². The van der Waals surface area contributed by atoms with Gasteiger partial charge in [-0.25, -0.2) is 18.0 Å². The van der Waals surface area contributed by atoms with Crippen LogP contribution in [0.5, 0.6) is 0 Å². The summed E-state index contributed by atoms with van der Waals surface area (Å²) in [5, 5.41) is 2.16. The highest BCUT2D eigenvalue weighted by atomic mass is 19.1. The third-order valence-electron chi connectivity index (χ3n) is 2.68. The molecule has 1 atom stereocenters. The quantitative estimate of drug-likeness (QED) is 0.648. The van der Waals surface area contributed by atoms with Gasteiger partial charge in [-0.1, -0.05) is 6.08 Å². The topological polar surface area (TPSA) is 55.4 Å². The number of carbonyl (C=O) groups excluding carboxylic acids is 2. The predicted octanol–water partition coefficient (Wildman–Crippen LogP) is 2.34. The highest BCUT2D eigenvalue weighted by Crippen LogP contribution is 2.15. The number of halogens is 3. The average Bonchev–Trinajstić information content (AvgIpc) is 2.41. The molecular formula is C14H14F3NO3. The van der Waals surface area contributed by atoms with Crippen molar-refractivity contribution in [1.29, 1.82) is 0 Å². The molecule has 0 aromatic heterocycles. The van der Waals surface area contributed by atoms with Crippen LogP contribution in [0.3, 0.4) is 0 Å². The highest BCUT2D eigenvalue weighted by molar-refractivity contribution is 5.97. The first kappa shape index (κ1) is 16.7. The van der Waals surface area contributed by atoms with Crippen LogP contribution >= 0.6 is 0 Å². The van der Waals surface area contributed by atoms with Crippen LogP contribution in [-0.2, 0) is 9.53 Å². The maximum absolute atomic E-state index is 13.5. The Bertz CT molecular complexity index is 537. The van der Waals surface area contributed by atoms with Crippen molar-refractivity contribution < 1.29 is 27.5 Å². The Kier molecular flexibility index (Phi) is 5.95. The van der Waals surface area contributed by atoms with Crippen LogP contribution in [0.2, 0.25) is 0 Å². The number of nitrogens with one attached hydrogen (secondary N) is 1. The van der Waals surface area contributed by atoms with Gasteiger partial charge in [0.25, 0.3) is 5.91 Å². The van der Waals surface area contributed by atoms with Crippen LogP contribution in [0.25, 0.3) is 0 Å². The van der Waals surface area contributed by atoms with Gasteiger partial charge >= 0.3 is 5.97 Å². The molecule has 1 aromatic carbocycles. The molecule has 0 spiro atoms. The molecule has 114 valence electrons. The van der Waals surface area contributed by atoms with Crippen LogP contribution in [0.15, 0.2) is 24.8 Å². The zero-order valence-electron chi connectivity index (χ0n) is 11.3. The molecule has 0 aliphatic carbocycles. The van der Waals surface area contributed by atoms with Crippen molar-refractivity contribution in [3.63, 3.8) is 0 Å². The van der Waals surface area contributed by atoms with E-state index in [9.17, 15) is 22.8 Å². The minimum absolute atomic E-state index is 0.159. The van der Waals surface area contributed by atoms with E-state index < -0.39 is 40.9 Å². The first-order valence-corrected chi connectivity index (χ1v) is 6.04. The van der Waals surface area contributed by atoms with E-state index >= 15 is 0 Å². The van der Waals surface area contributed by atoms with E-state index in [4.69, 9.17) is 0 Å². The molecule has 1 N–H and O–H groups in total. The van der Waals surface area contributed by atoms with Gasteiger partial charge in [0.15, 0.2) is 0 Å². The number of hydrogen-bond donors (Lipinski definition) is 1. The van der Waals surface area contributed by atoms with E-state index in [1.165, 1.54) is 6.08 Å². The second-order valence-corrected chi connectivity index (χ2v) is 4.16. The highest BCUT2D eigenvalue weighted by Gasteiger charge is 2.25. The van der Waals surface area contributed by atoms with Gasteiger partial charge in [0.2, 0.25) is 0 Å². The summed E-state index contributed by atoms with van der Waals surface area (Å²) in [4.78, 5) is 23.3. The van der Waals surface area contributed by atoms with E-state index in [1.54, 1.807) is 0 Å². The summed E-state index contributed by atoms with van der Waals surface area (Å²) < 4.78 is 44.2. The molecule has 0 saturated heterocycles. The van der Waals surface area contributed by atoms with Crippen molar-refractivity contribution in [2.24, 2.45) is 0 Å². The Hall–Kier alpha value is -2.31. The molecule has 0 aliphatic heterocycles. The van der Waals surface area contributed by atoms with Crippen molar-refractivity contribution in [2.45, 2.75) is 18.9 Å². The van der Waals surface area contributed by atoms with Gasteiger partial charge in [-0.3, -0.25) is 4.79 Å². The van der Waals surface area contributed by atoms with Gasteiger partial charge < -0.3 is 10.1 Å². The first-order valence-electron chi connectivity index (χ1n) is 6.04. The molecule has 0 saturated carbocycles. The minimum Gasteiger partial charge on any atom is -0.467 e. The second kappa shape index (κ2) is 7.47. The number of esters is 1. The van der Waals surface area contributed by atoms with Gasteiger partial charge in [-0.15, -0.1) is 6.58 Å². The third-order valence-corrected chi connectivity index (χ3v) is 2.68. The molecule has 0 radical (unpaired) electrons. The lowest BCUT2D eigenvalue weighted by Crippen LogP contribution is -2.42. The molecule has 1 rings (SSSR count). The fraction of sp³-hybridized carbons (Fsp3) is 0.286. The van der Waals surface area contributed by atoms with Crippen LogP contribution in [0.1, 0.15) is 23.2 Å². The molecule has 0 fully saturated rings. The number of rotatable bonds is 6. The lowest BCUT2D eigenvalue weighted by Gasteiger charge is -2.16. The zero-order valence-corrected chi connectivity index (χ0v) is 11.3. The largest absolute Gasteiger partial charge is 0.467 e. The van der Waals surface area contributed by atoms with Crippen molar-refractivity contribution in [1.82, 2.24) is 5.32 Å². The van der Waals surface area contributed by atoms with E-state index in [-0.39, 0.29) is 6.42 Å². The smallest absolute Gasteiger partial charge is 0.328 e. The van der Waals surface area contributed by atoms with Gasteiger partial charge in [-0.05, 0) is 12.8 Å². The molecule has 7 heteroatoms. The standard InChI is InChI=1S/C14H14F3NO3/c1-3-4-5-11(14(20)21-2)18-13(19)12-9(16)6-8(15)7-10(12)17/h3,6-7,11H,1,4-5H2,2H3,(H,18,19)/t11-/m0/s1. The SMILES string of the molecule is C=CCC[C@H](NC(=O)c1c(F)cc(F)cc1F)C(=O)OC. The summed E-state index contributed by atoms with van der Waals surface area (Å²) in [5.41, 5.74) is -0.955. The number of hydrogen-bond acceptors (Lipinski definition) is 3. The van der Waals surface area contributed by atoms with Crippen LogP contribution in [0, 0.1) is 17.5 Å². The summed E-state index contributed by atoms with van der Waals surface area (Å²) in [6, 6.07) is -0.312. The molecule has 0 heterocycles.